The van der Waals surface area contributed by atoms with Crippen LogP contribution in [0.25, 0.3) is 32.7 Å². The van der Waals surface area contributed by atoms with E-state index in [0.29, 0.717) is 0 Å². The van der Waals surface area contributed by atoms with E-state index in [1.54, 1.807) is 0 Å². The summed E-state index contributed by atoms with van der Waals surface area (Å²) in [5.74, 6) is 0. The van der Waals surface area contributed by atoms with Crippen molar-refractivity contribution in [2.45, 2.75) is 27.7 Å². The molecule has 0 bridgehead atoms. The third kappa shape index (κ3) is 3.39. The molecule has 0 aromatic heterocycles. The first-order chi connectivity index (χ1) is 13.5. The van der Waals surface area contributed by atoms with Gasteiger partial charge in [-0.2, -0.15) is 0 Å². The zero-order chi connectivity index (χ0) is 19.7. The highest BCUT2D eigenvalue weighted by molar-refractivity contribution is 6.09. The van der Waals surface area contributed by atoms with E-state index in [4.69, 9.17) is 0 Å². The Balaban J connectivity index is 1.92. The Labute approximate surface area is 167 Å². The van der Waals surface area contributed by atoms with E-state index in [0.717, 1.165) is 0 Å². The van der Waals surface area contributed by atoms with Crippen LogP contribution in [0.2, 0.25) is 0 Å². The molecule has 4 rings (SSSR count). The summed E-state index contributed by atoms with van der Waals surface area (Å²) in [4.78, 5) is 0. The lowest BCUT2D eigenvalue weighted by atomic mass is 9.85. The van der Waals surface area contributed by atoms with Crippen LogP contribution in [0.1, 0.15) is 38.8 Å². The summed E-state index contributed by atoms with van der Waals surface area (Å²) in [6.45, 7) is 8.87. The largest absolute Gasteiger partial charge is 0.0680 e. The van der Waals surface area contributed by atoms with Gasteiger partial charge in [0.2, 0.25) is 0 Å². The van der Waals surface area contributed by atoms with E-state index in [2.05, 4.69) is 113 Å². The summed E-state index contributed by atoms with van der Waals surface area (Å²) in [7, 11) is 0. The molecule has 0 fully saturated rings. The molecule has 0 amide bonds. The summed E-state index contributed by atoms with van der Waals surface area (Å²) in [5.41, 5.74) is 7.90. The van der Waals surface area contributed by atoms with E-state index in [9.17, 15) is 0 Å². The fraction of sp³-hybridized carbons (Fsp3) is 0.143. The maximum Gasteiger partial charge on any atom is -0.0119 e. The van der Waals surface area contributed by atoms with Crippen molar-refractivity contribution in [3.63, 3.8) is 0 Å². The Bertz CT molecular complexity index is 1130. The molecule has 0 nitrogen and oxygen atoms in total. The van der Waals surface area contributed by atoms with Crippen molar-refractivity contribution < 1.29 is 0 Å². The number of fused-ring (bicyclic) bond motifs is 2. The van der Waals surface area contributed by atoms with Gasteiger partial charge in [-0.1, -0.05) is 83.9 Å². The highest BCUT2D eigenvalue weighted by Crippen LogP contribution is 2.38. The molecular weight excluding hydrogens is 336 g/mol. The van der Waals surface area contributed by atoms with Crippen LogP contribution in [0.4, 0.5) is 0 Å². The van der Waals surface area contributed by atoms with Crippen molar-refractivity contribution in [1.82, 2.24) is 0 Å². The average molecular weight is 363 g/mol. The van der Waals surface area contributed by atoms with Crippen molar-refractivity contribution in [2.24, 2.45) is 0 Å². The van der Waals surface area contributed by atoms with Gasteiger partial charge >= 0.3 is 0 Å². The quantitative estimate of drug-likeness (QED) is 0.322. The molecule has 0 aliphatic rings. The molecule has 138 valence electrons. The third-order valence-electron chi connectivity index (χ3n) is 5.33. The van der Waals surface area contributed by atoms with Gasteiger partial charge in [0.15, 0.2) is 0 Å². The third-order valence-corrected chi connectivity index (χ3v) is 5.33. The van der Waals surface area contributed by atoms with Gasteiger partial charge in [-0.3, -0.25) is 0 Å². The standard InChI is InChI=1S/C28H26/c1-19(2)27(25-15-13-21-9-5-7-11-23(21)17-25)28(20(3)4)26-16-14-22-10-6-8-12-24(22)18-26/h5-18H,1-4H3. The van der Waals surface area contributed by atoms with Gasteiger partial charge in [0.1, 0.15) is 0 Å². The second kappa shape index (κ2) is 7.48. The topological polar surface area (TPSA) is 0 Å². The van der Waals surface area contributed by atoms with Crippen molar-refractivity contribution in [3.05, 3.63) is 107 Å². The van der Waals surface area contributed by atoms with Crippen LogP contribution < -0.4 is 0 Å². The molecule has 0 heteroatoms. The van der Waals surface area contributed by atoms with E-state index in [1.165, 1.54) is 55.0 Å². The second-order valence-electron chi connectivity index (χ2n) is 7.87. The number of benzene rings is 4. The molecule has 0 aliphatic carbocycles. The van der Waals surface area contributed by atoms with Crippen molar-refractivity contribution in [1.29, 1.82) is 0 Å². The highest BCUT2D eigenvalue weighted by atomic mass is 14.2. The molecule has 0 N–H and O–H groups in total. The Hall–Kier alpha value is -3.12. The van der Waals surface area contributed by atoms with Crippen LogP contribution in [0, 0.1) is 0 Å². The van der Waals surface area contributed by atoms with Gasteiger partial charge < -0.3 is 0 Å². The van der Waals surface area contributed by atoms with Crippen LogP contribution >= 0.6 is 0 Å². The van der Waals surface area contributed by atoms with Gasteiger partial charge in [0.25, 0.3) is 0 Å². The summed E-state index contributed by atoms with van der Waals surface area (Å²) < 4.78 is 0. The van der Waals surface area contributed by atoms with Crippen LogP contribution in [-0.2, 0) is 0 Å². The van der Waals surface area contributed by atoms with Crippen molar-refractivity contribution in [3.8, 4) is 0 Å². The lowest BCUT2D eigenvalue weighted by Gasteiger charge is -2.19. The highest BCUT2D eigenvalue weighted by Gasteiger charge is 2.15. The number of allylic oxidation sites excluding steroid dienone is 4. The molecule has 0 radical (unpaired) electrons. The molecular formula is C28H26. The van der Waals surface area contributed by atoms with Gasteiger partial charge in [0.05, 0.1) is 0 Å². The molecule has 28 heavy (non-hydrogen) atoms. The number of hydrogen-bond acceptors (Lipinski definition) is 0. The molecule has 4 aromatic carbocycles. The van der Waals surface area contributed by atoms with Crippen LogP contribution in [-0.4, -0.2) is 0 Å². The predicted molar refractivity (Wildman–Crippen MR) is 124 cm³/mol. The van der Waals surface area contributed by atoms with E-state index >= 15 is 0 Å². The average Bonchev–Trinajstić information content (AvgIpc) is 2.70. The second-order valence-corrected chi connectivity index (χ2v) is 7.87. The van der Waals surface area contributed by atoms with Crippen molar-refractivity contribution >= 4 is 32.7 Å². The smallest absolute Gasteiger partial charge is 0.0119 e. The summed E-state index contributed by atoms with van der Waals surface area (Å²) in [5, 5.41) is 5.13. The van der Waals surface area contributed by atoms with Gasteiger partial charge in [-0.05, 0) is 83.6 Å². The fourth-order valence-corrected chi connectivity index (χ4v) is 4.06. The SMILES string of the molecule is CC(C)=C(C(=C(C)C)c1ccc2ccccc2c1)c1ccc2ccccc2c1. The van der Waals surface area contributed by atoms with E-state index < -0.39 is 0 Å². The number of hydrogen-bond donors (Lipinski definition) is 0. The summed E-state index contributed by atoms with van der Waals surface area (Å²) >= 11 is 0. The van der Waals surface area contributed by atoms with Crippen LogP contribution in [0.3, 0.4) is 0 Å². The Morgan fingerprint density at radius 1 is 0.429 bits per heavy atom. The Morgan fingerprint density at radius 3 is 1.14 bits per heavy atom. The molecule has 0 unspecified atom stereocenters. The Morgan fingerprint density at radius 2 is 0.786 bits per heavy atom. The van der Waals surface area contributed by atoms with Crippen molar-refractivity contribution in [2.75, 3.05) is 0 Å². The zero-order valence-electron chi connectivity index (χ0n) is 17.1. The minimum atomic E-state index is 1.28. The first-order valence-electron chi connectivity index (χ1n) is 9.88. The molecule has 0 atom stereocenters. The Kier molecular flexibility index (Phi) is 4.88. The zero-order valence-corrected chi connectivity index (χ0v) is 17.1. The molecule has 0 spiro atoms. The van der Waals surface area contributed by atoms with E-state index in [-0.39, 0.29) is 0 Å². The fourth-order valence-electron chi connectivity index (χ4n) is 4.06. The molecule has 0 heterocycles. The molecule has 0 saturated heterocycles. The van der Waals surface area contributed by atoms with Gasteiger partial charge in [0, 0.05) is 0 Å². The van der Waals surface area contributed by atoms with E-state index in [1.807, 2.05) is 0 Å². The molecule has 0 saturated carbocycles. The van der Waals surface area contributed by atoms with Crippen LogP contribution in [0.5, 0.6) is 0 Å². The predicted octanol–water partition coefficient (Wildman–Crippen LogP) is 8.28. The van der Waals surface area contributed by atoms with Crippen LogP contribution in [0.15, 0.2) is 96.1 Å². The molecule has 4 aromatic rings. The van der Waals surface area contributed by atoms with Gasteiger partial charge in [-0.25, -0.2) is 0 Å². The molecule has 0 aliphatic heterocycles. The lowest BCUT2D eigenvalue weighted by molar-refractivity contribution is 1.35. The first kappa shape index (κ1) is 18.3. The maximum absolute atomic E-state index is 2.32. The minimum absolute atomic E-state index is 1.28. The summed E-state index contributed by atoms with van der Waals surface area (Å²) in [6.07, 6.45) is 0. The first-order valence-corrected chi connectivity index (χ1v) is 9.88. The minimum Gasteiger partial charge on any atom is -0.0680 e. The normalized spacial score (nSPS) is 10.9. The lowest BCUT2D eigenvalue weighted by Crippen LogP contribution is -1.96. The summed E-state index contributed by atoms with van der Waals surface area (Å²) in [6, 6.07) is 30.8. The monoisotopic (exact) mass is 362 g/mol. The van der Waals surface area contributed by atoms with Gasteiger partial charge in [-0.15, -0.1) is 0 Å². The maximum atomic E-state index is 2.32. The number of rotatable bonds is 3.